The van der Waals surface area contributed by atoms with E-state index in [1.807, 2.05) is 79.0 Å². The van der Waals surface area contributed by atoms with Crippen molar-refractivity contribution in [2.24, 2.45) is 4.99 Å². The summed E-state index contributed by atoms with van der Waals surface area (Å²) in [5, 5.41) is 13.1. The van der Waals surface area contributed by atoms with Crippen molar-refractivity contribution in [2.75, 3.05) is 13.2 Å². The van der Waals surface area contributed by atoms with E-state index in [1.165, 1.54) is 11.8 Å². The van der Waals surface area contributed by atoms with E-state index < -0.39 is 5.97 Å². The third-order valence-electron chi connectivity index (χ3n) is 5.94. The molecule has 0 atom stereocenters. The van der Waals surface area contributed by atoms with Gasteiger partial charge in [0.1, 0.15) is 28.7 Å². The number of nitrogens with zero attached hydrogens (tertiary/aromatic N) is 2. The van der Waals surface area contributed by atoms with Gasteiger partial charge in [-0.3, -0.25) is 0 Å². The number of aliphatic hydroxyl groups excluding tert-OH is 1. The Balaban J connectivity index is 1.50. The zero-order valence-electron chi connectivity index (χ0n) is 20.9. The van der Waals surface area contributed by atoms with E-state index in [-0.39, 0.29) is 17.9 Å². The number of ether oxygens (including phenoxy) is 2. The fourth-order valence-corrected chi connectivity index (χ4v) is 5.74. The molecule has 0 saturated heterocycles. The van der Waals surface area contributed by atoms with Crippen molar-refractivity contribution in [1.29, 1.82) is 0 Å². The summed E-state index contributed by atoms with van der Waals surface area (Å²) in [5.41, 5.74) is 2.62. The smallest absolute Gasteiger partial charge is 0.344 e. The van der Waals surface area contributed by atoms with E-state index in [4.69, 9.17) is 21.1 Å². The Labute approximate surface area is 243 Å². The zero-order chi connectivity index (χ0) is 27.4. The first-order valence-electron chi connectivity index (χ1n) is 12.2. The van der Waals surface area contributed by atoms with Crippen LogP contribution in [-0.4, -0.2) is 33.9 Å². The largest absolute Gasteiger partial charge is 0.506 e. The summed E-state index contributed by atoms with van der Waals surface area (Å²) in [6.45, 7) is 2.91. The van der Waals surface area contributed by atoms with Crippen LogP contribution in [0.25, 0.3) is 17.0 Å². The van der Waals surface area contributed by atoms with E-state index in [0.29, 0.717) is 39.6 Å². The summed E-state index contributed by atoms with van der Waals surface area (Å²) < 4.78 is 14.2. The van der Waals surface area contributed by atoms with Crippen molar-refractivity contribution in [3.8, 4) is 5.75 Å². The molecule has 2 heterocycles. The topological polar surface area (TPSA) is 73.0 Å². The van der Waals surface area contributed by atoms with E-state index in [2.05, 4.69) is 25.5 Å². The summed E-state index contributed by atoms with van der Waals surface area (Å²) in [6.07, 6.45) is 3.87. The van der Waals surface area contributed by atoms with Gasteiger partial charge in [-0.1, -0.05) is 69.6 Å². The number of para-hydroxylation sites is 2. The molecule has 1 aliphatic rings. The second-order valence-electron chi connectivity index (χ2n) is 8.53. The molecule has 1 aromatic heterocycles. The van der Waals surface area contributed by atoms with Crippen LogP contribution >= 0.6 is 39.3 Å². The first-order chi connectivity index (χ1) is 18.9. The second kappa shape index (κ2) is 12.2. The number of aliphatic imine (C=N–C) groups is 1. The van der Waals surface area contributed by atoms with Crippen molar-refractivity contribution >= 4 is 73.0 Å². The monoisotopic (exact) mass is 622 g/mol. The Kier molecular flexibility index (Phi) is 8.45. The van der Waals surface area contributed by atoms with Crippen LogP contribution in [0.5, 0.6) is 5.75 Å². The predicted octanol–water partition coefficient (Wildman–Crippen LogP) is 8.33. The van der Waals surface area contributed by atoms with Crippen LogP contribution in [0.1, 0.15) is 12.5 Å². The van der Waals surface area contributed by atoms with E-state index in [0.717, 1.165) is 20.9 Å². The lowest BCUT2D eigenvalue weighted by atomic mass is 10.1. The molecule has 0 spiro atoms. The van der Waals surface area contributed by atoms with Crippen LogP contribution in [-0.2, 0) is 16.1 Å². The number of hydrogen-bond donors (Lipinski definition) is 1. The highest BCUT2D eigenvalue weighted by Gasteiger charge is 2.33. The van der Waals surface area contributed by atoms with Gasteiger partial charge in [0, 0.05) is 27.1 Å². The number of carbonyl (C=O) groups is 1. The molecular weight excluding hydrogens is 600 g/mol. The summed E-state index contributed by atoms with van der Waals surface area (Å²) >= 11 is 11.0. The predicted molar refractivity (Wildman–Crippen MR) is 162 cm³/mol. The van der Waals surface area contributed by atoms with Gasteiger partial charge in [0.25, 0.3) is 0 Å². The molecule has 0 radical (unpaired) electrons. The minimum absolute atomic E-state index is 0.0648. The maximum absolute atomic E-state index is 12.8. The van der Waals surface area contributed by atoms with E-state index >= 15 is 0 Å². The van der Waals surface area contributed by atoms with Crippen molar-refractivity contribution in [2.45, 2.75) is 13.5 Å². The van der Waals surface area contributed by atoms with Crippen molar-refractivity contribution in [3.05, 3.63) is 110 Å². The number of thioether (sulfide) groups is 1. The Morgan fingerprint density at radius 3 is 2.67 bits per heavy atom. The van der Waals surface area contributed by atoms with Crippen molar-refractivity contribution in [3.63, 3.8) is 0 Å². The lowest BCUT2D eigenvalue weighted by molar-refractivity contribution is -0.138. The number of fused-ring (bicyclic) bond motifs is 1. The molecule has 0 saturated carbocycles. The molecule has 6 nitrogen and oxygen atoms in total. The molecule has 0 unspecified atom stereocenters. The minimum atomic E-state index is -0.609. The number of aromatic nitrogens is 1. The number of benzene rings is 3. The molecule has 1 N–H and O–H groups in total. The third-order valence-corrected chi connectivity index (χ3v) is 7.77. The molecule has 198 valence electrons. The van der Waals surface area contributed by atoms with Gasteiger partial charge in [0.2, 0.25) is 0 Å². The fourth-order valence-electron chi connectivity index (χ4n) is 4.17. The van der Waals surface area contributed by atoms with Gasteiger partial charge in [-0.15, -0.1) is 0 Å². The number of rotatable bonds is 8. The molecule has 0 fully saturated rings. The van der Waals surface area contributed by atoms with Crippen LogP contribution in [0.4, 0.5) is 5.69 Å². The number of esters is 1. The van der Waals surface area contributed by atoms with Crippen molar-refractivity contribution in [1.82, 2.24) is 4.57 Å². The van der Waals surface area contributed by atoms with Gasteiger partial charge in [0.05, 0.1) is 28.8 Å². The molecule has 0 aliphatic carbocycles. The maximum atomic E-state index is 12.8. The lowest BCUT2D eigenvalue weighted by Gasteiger charge is -2.09. The minimum Gasteiger partial charge on any atom is -0.506 e. The van der Waals surface area contributed by atoms with Crippen LogP contribution in [0, 0.1) is 0 Å². The highest BCUT2D eigenvalue weighted by atomic mass is 79.9. The fraction of sp³-hybridized carbons (Fsp3) is 0.133. The summed E-state index contributed by atoms with van der Waals surface area (Å²) in [6, 6.07) is 22.7. The van der Waals surface area contributed by atoms with Gasteiger partial charge in [-0.25, -0.2) is 9.79 Å². The second-order valence-corrected chi connectivity index (χ2v) is 10.9. The molecule has 4 aromatic rings. The third kappa shape index (κ3) is 6.08. The van der Waals surface area contributed by atoms with Crippen LogP contribution < -0.4 is 4.74 Å². The summed E-state index contributed by atoms with van der Waals surface area (Å²) in [4.78, 5) is 17.9. The van der Waals surface area contributed by atoms with Crippen LogP contribution in [0.3, 0.4) is 0 Å². The highest BCUT2D eigenvalue weighted by Crippen LogP contribution is 2.41. The van der Waals surface area contributed by atoms with Crippen molar-refractivity contribution < 1.29 is 19.4 Å². The maximum Gasteiger partial charge on any atom is 0.344 e. The molecule has 9 heteroatoms. The molecule has 3 aromatic carbocycles. The Hall–Kier alpha value is -3.46. The summed E-state index contributed by atoms with van der Waals surface area (Å²) in [5.74, 6) is -0.122. The molecule has 1 aliphatic heterocycles. The van der Waals surface area contributed by atoms with Gasteiger partial charge < -0.3 is 19.1 Å². The van der Waals surface area contributed by atoms with Crippen LogP contribution in [0.15, 0.2) is 105 Å². The summed E-state index contributed by atoms with van der Waals surface area (Å²) in [7, 11) is 0. The standard InChI is InChI=1S/C30H24BrClN2O4S/c1-2-37-30(36)27-28(35)26(39-29(27)33-21-8-4-3-5-9-21)16-19-18-34(24-13-12-20(31)17-22(19)24)14-15-38-25-11-7-6-10-23(25)32/h3-13,16-18,35H,2,14-15H2,1H3/b26-16-,33-29?. The van der Waals surface area contributed by atoms with Gasteiger partial charge >= 0.3 is 5.97 Å². The molecule has 39 heavy (non-hydrogen) atoms. The normalized spacial score (nSPS) is 15.5. The molecular formula is C30H24BrClN2O4S. The van der Waals surface area contributed by atoms with Gasteiger partial charge in [0.15, 0.2) is 0 Å². The first kappa shape index (κ1) is 27.1. The lowest BCUT2D eigenvalue weighted by Crippen LogP contribution is -2.12. The molecule has 0 amide bonds. The zero-order valence-corrected chi connectivity index (χ0v) is 24.1. The van der Waals surface area contributed by atoms with E-state index in [9.17, 15) is 9.90 Å². The van der Waals surface area contributed by atoms with Crippen LogP contribution in [0.2, 0.25) is 5.02 Å². The Morgan fingerprint density at radius 1 is 1.13 bits per heavy atom. The number of aliphatic hydroxyl groups is 1. The highest BCUT2D eigenvalue weighted by molar-refractivity contribution is 9.10. The SMILES string of the molecule is CCOC(=O)C1=C(O)/C(=C/c2cn(CCOc3ccccc3Cl)c3ccc(Br)cc23)SC1=Nc1ccccc1. The molecule has 5 rings (SSSR count). The first-order valence-corrected chi connectivity index (χ1v) is 14.2. The quantitative estimate of drug-likeness (QED) is 0.200. The van der Waals surface area contributed by atoms with E-state index in [1.54, 1.807) is 13.0 Å². The number of hydrogen-bond acceptors (Lipinski definition) is 6. The average molecular weight is 624 g/mol. The van der Waals surface area contributed by atoms with Gasteiger partial charge in [-0.2, -0.15) is 0 Å². The number of carbonyl (C=O) groups excluding carboxylic acids is 1. The average Bonchev–Trinajstić information content (AvgIpc) is 3.42. The number of halogens is 2. The molecule has 0 bridgehead atoms. The van der Waals surface area contributed by atoms with Gasteiger partial charge in [-0.05, 0) is 55.5 Å². The Morgan fingerprint density at radius 2 is 1.90 bits per heavy atom. The Bertz CT molecular complexity index is 1630.